The van der Waals surface area contributed by atoms with E-state index in [0.29, 0.717) is 24.5 Å². The summed E-state index contributed by atoms with van der Waals surface area (Å²) in [7, 11) is 0. The number of benzene rings is 1. The van der Waals surface area contributed by atoms with Gasteiger partial charge in [-0.15, -0.1) is 0 Å². The zero-order chi connectivity index (χ0) is 12.8. The van der Waals surface area contributed by atoms with Crippen LogP contribution in [0.25, 0.3) is 0 Å². The molecule has 0 unspecified atom stereocenters. The number of hydrogen-bond acceptors (Lipinski definition) is 2. The van der Waals surface area contributed by atoms with E-state index in [9.17, 15) is 9.90 Å². The Hall–Kier alpha value is -1.22. The SMILES string of the molecule is O=C(O)C1(c2cc(Cl)c3c(c2)CCO3)CCCC1. The maximum Gasteiger partial charge on any atom is 0.314 e. The van der Waals surface area contributed by atoms with Crippen molar-refractivity contribution in [2.24, 2.45) is 0 Å². The van der Waals surface area contributed by atoms with Gasteiger partial charge in [-0.2, -0.15) is 0 Å². The van der Waals surface area contributed by atoms with E-state index < -0.39 is 11.4 Å². The minimum atomic E-state index is -0.735. The molecule has 0 spiro atoms. The summed E-state index contributed by atoms with van der Waals surface area (Å²) in [5.41, 5.74) is 1.16. The number of ether oxygens (including phenoxy) is 1. The molecule has 0 aromatic heterocycles. The predicted octanol–water partition coefficient (Wildman–Crippen LogP) is 3.17. The van der Waals surface area contributed by atoms with Crippen molar-refractivity contribution in [3.8, 4) is 5.75 Å². The van der Waals surface area contributed by atoms with Crippen LogP contribution in [0.2, 0.25) is 5.02 Å². The molecule has 0 atom stereocenters. The molecule has 1 N–H and O–H groups in total. The number of halogens is 1. The lowest BCUT2D eigenvalue weighted by molar-refractivity contribution is -0.143. The van der Waals surface area contributed by atoms with Gasteiger partial charge in [0.25, 0.3) is 0 Å². The highest BCUT2D eigenvalue weighted by molar-refractivity contribution is 6.32. The number of carboxylic acids is 1. The largest absolute Gasteiger partial charge is 0.491 e. The van der Waals surface area contributed by atoms with Gasteiger partial charge in [0.1, 0.15) is 5.75 Å². The van der Waals surface area contributed by atoms with Gasteiger partial charge in [0, 0.05) is 6.42 Å². The molecule has 18 heavy (non-hydrogen) atoms. The molecule has 1 fully saturated rings. The van der Waals surface area contributed by atoms with E-state index in [-0.39, 0.29) is 0 Å². The summed E-state index contributed by atoms with van der Waals surface area (Å²) in [5.74, 6) is 0.00823. The van der Waals surface area contributed by atoms with E-state index in [2.05, 4.69) is 0 Å². The Morgan fingerprint density at radius 2 is 2.06 bits per heavy atom. The van der Waals surface area contributed by atoms with Crippen LogP contribution in [-0.4, -0.2) is 17.7 Å². The van der Waals surface area contributed by atoms with Gasteiger partial charge in [-0.25, -0.2) is 0 Å². The molecule has 0 amide bonds. The van der Waals surface area contributed by atoms with Crippen molar-refractivity contribution in [1.82, 2.24) is 0 Å². The number of rotatable bonds is 2. The fourth-order valence-corrected chi connectivity index (χ4v) is 3.44. The average Bonchev–Trinajstić information content (AvgIpc) is 2.98. The van der Waals surface area contributed by atoms with Crippen LogP contribution >= 0.6 is 11.6 Å². The second-order valence-corrected chi connectivity index (χ2v) is 5.55. The number of aliphatic carboxylic acids is 1. The van der Waals surface area contributed by atoms with Crippen LogP contribution in [0.15, 0.2) is 12.1 Å². The van der Waals surface area contributed by atoms with Crippen LogP contribution in [0.3, 0.4) is 0 Å². The first-order valence-electron chi connectivity index (χ1n) is 6.32. The first kappa shape index (κ1) is 11.8. The van der Waals surface area contributed by atoms with Gasteiger partial charge in [0.15, 0.2) is 0 Å². The van der Waals surface area contributed by atoms with Crippen molar-refractivity contribution < 1.29 is 14.6 Å². The van der Waals surface area contributed by atoms with Crippen molar-refractivity contribution in [2.75, 3.05) is 6.61 Å². The molecular weight excluding hydrogens is 252 g/mol. The van der Waals surface area contributed by atoms with Gasteiger partial charge in [0.05, 0.1) is 17.0 Å². The molecule has 0 radical (unpaired) electrons. The van der Waals surface area contributed by atoms with Gasteiger partial charge >= 0.3 is 5.97 Å². The Morgan fingerprint density at radius 1 is 1.33 bits per heavy atom. The van der Waals surface area contributed by atoms with Crippen molar-refractivity contribution in [2.45, 2.75) is 37.5 Å². The van der Waals surface area contributed by atoms with E-state index in [0.717, 1.165) is 36.1 Å². The number of hydrogen-bond donors (Lipinski definition) is 1. The van der Waals surface area contributed by atoms with Crippen molar-refractivity contribution in [3.63, 3.8) is 0 Å². The molecule has 1 aromatic carbocycles. The summed E-state index contributed by atoms with van der Waals surface area (Å²) in [6, 6.07) is 3.76. The van der Waals surface area contributed by atoms with Crippen LogP contribution < -0.4 is 4.74 Å². The van der Waals surface area contributed by atoms with Gasteiger partial charge in [-0.05, 0) is 30.0 Å². The third kappa shape index (κ3) is 1.61. The van der Waals surface area contributed by atoms with E-state index in [1.807, 2.05) is 6.07 Å². The molecule has 4 heteroatoms. The van der Waals surface area contributed by atoms with Gasteiger partial charge in [0.2, 0.25) is 0 Å². The van der Waals surface area contributed by atoms with E-state index in [1.54, 1.807) is 6.07 Å². The van der Waals surface area contributed by atoms with Crippen LogP contribution in [0.4, 0.5) is 0 Å². The minimum Gasteiger partial charge on any atom is -0.491 e. The Kier molecular flexibility index (Phi) is 2.74. The molecule has 1 aromatic rings. The number of carboxylic acid groups (broad SMARTS) is 1. The van der Waals surface area contributed by atoms with Crippen LogP contribution in [-0.2, 0) is 16.6 Å². The summed E-state index contributed by atoms with van der Waals surface area (Å²) >= 11 is 6.20. The van der Waals surface area contributed by atoms with Gasteiger partial charge in [-0.1, -0.05) is 30.5 Å². The predicted molar refractivity (Wildman–Crippen MR) is 68.4 cm³/mol. The lowest BCUT2D eigenvalue weighted by atomic mass is 9.78. The molecule has 0 saturated heterocycles. The smallest absolute Gasteiger partial charge is 0.314 e. The molecule has 3 rings (SSSR count). The first-order chi connectivity index (χ1) is 8.63. The topological polar surface area (TPSA) is 46.5 Å². The fraction of sp³-hybridized carbons (Fsp3) is 0.500. The number of fused-ring (bicyclic) bond motifs is 1. The normalized spacial score (nSPS) is 20.5. The maximum absolute atomic E-state index is 11.7. The highest BCUT2D eigenvalue weighted by Crippen LogP contribution is 2.45. The van der Waals surface area contributed by atoms with Crippen molar-refractivity contribution in [1.29, 1.82) is 0 Å². The van der Waals surface area contributed by atoms with E-state index in [1.165, 1.54) is 0 Å². The molecular formula is C14H15ClO3. The minimum absolute atomic E-state index is 0.549. The molecule has 1 heterocycles. The third-order valence-electron chi connectivity index (χ3n) is 4.16. The highest BCUT2D eigenvalue weighted by Gasteiger charge is 2.43. The Bertz CT molecular complexity index is 504. The molecule has 3 nitrogen and oxygen atoms in total. The monoisotopic (exact) mass is 266 g/mol. The molecule has 96 valence electrons. The van der Waals surface area contributed by atoms with Gasteiger partial charge < -0.3 is 9.84 Å². The van der Waals surface area contributed by atoms with Gasteiger partial charge in [-0.3, -0.25) is 4.79 Å². The summed E-state index contributed by atoms with van der Waals surface area (Å²) in [4.78, 5) is 11.7. The summed E-state index contributed by atoms with van der Waals surface area (Å²) in [6.07, 6.45) is 4.17. The van der Waals surface area contributed by atoms with E-state index in [4.69, 9.17) is 16.3 Å². The zero-order valence-electron chi connectivity index (χ0n) is 10.0. The Labute approximate surface area is 111 Å². The average molecular weight is 267 g/mol. The summed E-state index contributed by atoms with van der Waals surface area (Å²) in [5, 5.41) is 10.1. The lowest BCUT2D eigenvalue weighted by Gasteiger charge is -2.25. The third-order valence-corrected chi connectivity index (χ3v) is 4.44. The van der Waals surface area contributed by atoms with Crippen LogP contribution in [0.1, 0.15) is 36.8 Å². The second-order valence-electron chi connectivity index (χ2n) is 5.14. The van der Waals surface area contributed by atoms with Crippen LogP contribution in [0.5, 0.6) is 5.75 Å². The fourth-order valence-electron chi connectivity index (χ4n) is 3.14. The molecule has 0 bridgehead atoms. The lowest BCUT2D eigenvalue weighted by Crippen LogP contribution is -2.32. The van der Waals surface area contributed by atoms with Crippen molar-refractivity contribution in [3.05, 3.63) is 28.3 Å². The highest BCUT2D eigenvalue weighted by atomic mass is 35.5. The van der Waals surface area contributed by atoms with E-state index >= 15 is 0 Å². The zero-order valence-corrected chi connectivity index (χ0v) is 10.8. The summed E-state index contributed by atoms with van der Waals surface area (Å²) < 4.78 is 5.46. The quantitative estimate of drug-likeness (QED) is 0.894. The van der Waals surface area contributed by atoms with Crippen LogP contribution in [0, 0.1) is 0 Å². The molecule has 1 aliphatic carbocycles. The summed E-state index contributed by atoms with van der Waals surface area (Å²) in [6.45, 7) is 0.637. The standard InChI is InChI=1S/C14H15ClO3/c15-11-8-10(7-9-3-6-18-12(9)11)14(13(16)17)4-1-2-5-14/h7-8H,1-6H2,(H,16,17). The first-order valence-corrected chi connectivity index (χ1v) is 6.70. The maximum atomic E-state index is 11.7. The molecule has 1 saturated carbocycles. The van der Waals surface area contributed by atoms with Crippen molar-refractivity contribution >= 4 is 17.6 Å². The second kappa shape index (κ2) is 4.16. The molecule has 1 aliphatic heterocycles. The Morgan fingerprint density at radius 3 is 2.72 bits per heavy atom. The molecule has 2 aliphatic rings. The Balaban J connectivity index is 2.11. The number of carbonyl (C=O) groups is 1.